The van der Waals surface area contributed by atoms with E-state index >= 15 is 0 Å². The number of rotatable bonds is 6. The molecule has 0 amide bonds. The highest BCUT2D eigenvalue weighted by atomic mass is 32.2. The summed E-state index contributed by atoms with van der Waals surface area (Å²) in [6, 6.07) is 12.1. The van der Waals surface area contributed by atoms with Crippen molar-refractivity contribution in [3.63, 3.8) is 0 Å². The lowest BCUT2D eigenvalue weighted by atomic mass is 9.96. The zero-order valence-corrected chi connectivity index (χ0v) is 13.9. The van der Waals surface area contributed by atoms with Crippen molar-refractivity contribution in [1.82, 2.24) is 0 Å². The maximum Gasteiger partial charge on any atom is 0.180 e. The van der Waals surface area contributed by atoms with Crippen LogP contribution in [0.5, 0.6) is 0 Å². The van der Waals surface area contributed by atoms with Gasteiger partial charge in [0, 0.05) is 6.54 Å². The first-order valence-corrected chi connectivity index (χ1v) is 8.95. The summed E-state index contributed by atoms with van der Waals surface area (Å²) in [5.74, 6) is -0.378. The number of hydrogen-bond donors (Lipinski definition) is 2. The van der Waals surface area contributed by atoms with Crippen LogP contribution >= 0.6 is 0 Å². The first-order valence-electron chi connectivity index (χ1n) is 7.30. The van der Waals surface area contributed by atoms with E-state index in [2.05, 4.69) is 5.32 Å². The van der Waals surface area contributed by atoms with E-state index in [0.717, 1.165) is 0 Å². The highest BCUT2D eigenvalue weighted by molar-refractivity contribution is 7.91. The van der Waals surface area contributed by atoms with Crippen molar-refractivity contribution in [2.75, 3.05) is 17.6 Å². The number of hydrogen-bond acceptors (Lipinski definition) is 4. The third-order valence-electron chi connectivity index (χ3n) is 3.69. The number of aliphatic hydroxyl groups is 1. The summed E-state index contributed by atoms with van der Waals surface area (Å²) >= 11 is 0. The molecule has 0 saturated heterocycles. The van der Waals surface area contributed by atoms with Gasteiger partial charge in [0.25, 0.3) is 0 Å². The third-order valence-corrected chi connectivity index (χ3v) is 5.48. The predicted molar refractivity (Wildman–Crippen MR) is 88.6 cm³/mol. The molecule has 0 aliphatic carbocycles. The Bertz CT molecular complexity index is 771. The summed E-state index contributed by atoms with van der Waals surface area (Å²) in [5, 5.41) is 13.5. The first kappa shape index (κ1) is 17.4. The summed E-state index contributed by atoms with van der Waals surface area (Å²) in [5.41, 5.74) is -0.282. The van der Waals surface area contributed by atoms with Gasteiger partial charge in [0.15, 0.2) is 9.84 Å². The van der Waals surface area contributed by atoms with Gasteiger partial charge in [0.1, 0.15) is 11.4 Å². The Hall–Kier alpha value is -1.92. The Kier molecular flexibility index (Phi) is 5.06. The topological polar surface area (TPSA) is 66.4 Å². The summed E-state index contributed by atoms with van der Waals surface area (Å²) in [6.45, 7) is 3.26. The Morgan fingerprint density at radius 2 is 1.74 bits per heavy atom. The molecule has 0 heterocycles. The van der Waals surface area contributed by atoms with E-state index < -0.39 is 15.4 Å². The number of halogens is 1. The third kappa shape index (κ3) is 4.09. The molecule has 0 aliphatic rings. The molecule has 4 nitrogen and oxygen atoms in total. The average Bonchev–Trinajstić information content (AvgIpc) is 2.54. The van der Waals surface area contributed by atoms with E-state index in [1.165, 1.54) is 30.3 Å². The van der Waals surface area contributed by atoms with Crippen LogP contribution in [0.3, 0.4) is 0 Å². The second-order valence-electron chi connectivity index (χ2n) is 5.53. The highest BCUT2D eigenvalue weighted by Crippen LogP contribution is 2.25. The number of sulfone groups is 1. The molecule has 0 aromatic heterocycles. The summed E-state index contributed by atoms with van der Waals surface area (Å²) in [4.78, 5) is 0.206. The molecular formula is C17H20FNO3S. The van der Waals surface area contributed by atoms with Gasteiger partial charge in [-0.1, -0.05) is 31.2 Å². The van der Waals surface area contributed by atoms with Crippen LogP contribution < -0.4 is 5.32 Å². The standard InChI is InChI=1S/C17H20FNO3S/c1-3-23(21,22)16-7-5-4-6-15(16)19-12-17(2,20)13-8-10-14(18)11-9-13/h4-11,19-20H,3,12H2,1-2H3/t17-/m0/s1. The van der Waals surface area contributed by atoms with E-state index in [1.54, 1.807) is 32.0 Å². The van der Waals surface area contributed by atoms with Crippen molar-refractivity contribution in [1.29, 1.82) is 0 Å². The maximum absolute atomic E-state index is 13.0. The molecule has 0 aliphatic heterocycles. The Morgan fingerprint density at radius 3 is 2.35 bits per heavy atom. The summed E-state index contributed by atoms with van der Waals surface area (Å²) in [6.07, 6.45) is 0. The molecule has 6 heteroatoms. The Labute approximate surface area is 135 Å². The zero-order chi connectivity index (χ0) is 17.1. The number of anilines is 1. The SMILES string of the molecule is CCS(=O)(=O)c1ccccc1NC[C@](C)(O)c1ccc(F)cc1. The summed E-state index contributed by atoms with van der Waals surface area (Å²) < 4.78 is 37.2. The predicted octanol–water partition coefficient (Wildman–Crippen LogP) is 2.94. The van der Waals surface area contributed by atoms with Gasteiger partial charge in [-0.2, -0.15) is 0 Å². The fraction of sp³-hybridized carbons (Fsp3) is 0.294. The van der Waals surface area contributed by atoms with Crippen LogP contribution in [0.15, 0.2) is 53.4 Å². The van der Waals surface area contributed by atoms with Crippen molar-refractivity contribution in [2.24, 2.45) is 0 Å². The van der Waals surface area contributed by atoms with Crippen molar-refractivity contribution in [2.45, 2.75) is 24.3 Å². The molecule has 0 bridgehead atoms. The van der Waals surface area contributed by atoms with Gasteiger partial charge in [0.2, 0.25) is 0 Å². The van der Waals surface area contributed by atoms with E-state index in [9.17, 15) is 17.9 Å². The molecule has 2 N–H and O–H groups in total. The van der Waals surface area contributed by atoms with Crippen molar-refractivity contribution < 1.29 is 17.9 Å². The average molecular weight is 337 g/mol. The molecule has 2 aromatic carbocycles. The van der Waals surface area contributed by atoms with Crippen molar-refractivity contribution >= 4 is 15.5 Å². The second-order valence-corrected chi connectivity index (χ2v) is 7.78. The van der Waals surface area contributed by atoms with E-state index in [4.69, 9.17) is 0 Å². The van der Waals surface area contributed by atoms with Crippen molar-refractivity contribution in [3.05, 3.63) is 59.9 Å². The molecule has 0 fully saturated rings. The van der Waals surface area contributed by atoms with Gasteiger partial charge in [-0.05, 0) is 36.8 Å². The summed E-state index contributed by atoms with van der Waals surface area (Å²) in [7, 11) is -3.36. The zero-order valence-electron chi connectivity index (χ0n) is 13.1. The van der Waals surface area contributed by atoms with Crippen molar-refractivity contribution in [3.8, 4) is 0 Å². The normalized spacial score (nSPS) is 14.3. The molecule has 0 unspecified atom stereocenters. The minimum Gasteiger partial charge on any atom is -0.384 e. The van der Waals surface area contributed by atoms with E-state index in [-0.39, 0.29) is 23.0 Å². The molecule has 1 atom stereocenters. The van der Waals surface area contributed by atoms with Gasteiger partial charge in [-0.15, -0.1) is 0 Å². The van der Waals surface area contributed by atoms with Crippen LogP contribution in [0.1, 0.15) is 19.4 Å². The molecule has 2 rings (SSSR count). The van der Waals surface area contributed by atoms with Crippen LogP contribution in [0.2, 0.25) is 0 Å². The lowest BCUT2D eigenvalue weighted by Crippen LogP contribution is -2.31. The van der Waals surface area contributed by atoms with Crippen LogP contribution in [0, 0.1) is 5.82 Å². The Morgan fingerprint density at radius 1 is 1.13 bits per heavy atom. The monoisotopic (exact) mass is 337 g/mol. The number of benzene rings is 2. The molecule has 23 heavy (non-hydrogen) atoms. The van der Waals surface area contributed by atoms with Gasteiger partial charge in [-0.3, -0.25) is 0 Å². The minimum atomic E-state index is -3.36. The molecule has 0 spiro atoms. The lowest BCUT2D eigenvalue weighted by molar-refractivity contribution is 0.0714. The van der Waals surface area contributed by atoms with Gasteiger partial charge in [-0.25, -0.2) is 12.8 Å². The molecule has 124 valence electrons. The van der Waals surface area contributed by atoms with Gasteiger partial charge >= 0.3 is 0 Å². The second kappa shape index (κ2) is 6.68. The van der Waals surface area contributed by atoms with Gasteiger partial charge in [0.05, 0.1) is 16.3 Å². The molecular weight excluding hydrogens is 317 g/mol. The lowest BCUT2D eigenvalue weighted by Gasteiger charge is -2.25. The van der Waals surface area contributed by atoms with Crippen LogP contribution in [0.25, 0.3) is 0 Å². The fourth-order valence-electron chi connectivity index (χ4n) is 2.22. The molecule has 0 saturated carbocycles. The van der Waals surface area contributed by atoms with Crippen LogP contribution in [-0.2, 0) is 15.4 Å². The van der Waals surface area contributed by atoms with Crippen LogP contribution in [-0.4, -0.2) is 25.8 Å². The minimum absolute atomic E-state index is 0.0000479. The number of para-hydroxylation sites is 1. The fourth-order valence-corrected chi connectivity index (χ4v) is 3.29. The van der Waals surface area contributed by atoms with E-state index in [1.807, 2.05) is 0 Å². The number of nitrogens with one attached hydrogen (secondary N) is 1. The van der Waals surface area contributed by atoms with E-state index in [0.29, 0.717) is 11.3 Å². The molecule has 2 aromatic rings. The van der Waals surface area contributed by atoms with Crippen LogP contribution in [0.4, 0.5) is 10.1 Å². The Balaban J connectivity index is 2.22. The highest BCUT2D eigenvalue weighted by Gasteiger charge is 2.24. The molecule has 0 radical (unpaired) electrons. The maximum atomic E-state index is 13.0. The smallest absolute Gasteiger partial charge is 0.180 e. The quantitative estimate of drug-likeness (QED) is 0.850. The largest absolute Gasteiger partial charge is 0.384 e. The van der Waals surface area contributed by atoms with Gasteiger partial charge < -0.3 is 10.4 Å². The first-order chi connectivity index (χ1) is 10.8.